The lowest BCUT2D eigenvalue weighted by Crippen LogP contribution is -1.99. The minimum absolute atomic E-state index is 0.719. The molecule has 0 amide bonds. The normalized spacial score (nSPS) is 10.7. The Balaban J connectivity index is 1.71. The van der Waals surface area contributed by atoms with E-state index in [2.05, 4.69) is 29.2 Å². The standard InChI is InChI=1S/C22H19N3O/c1-16-23-22(24-25(16)20-11-13-21(26-2)14-12-20)19-10-6-9-18(15-19)17-7-4-3-5-8-17/h3-15H,1-2H3. The highest BCUT2D eigenvalue weighted by atomic mass is 16.5. The van der Waals surface area contributed by atoms with Crippen LogP contribution in [0.3, 0.4) is 0 Å². The number of rotatable bonds is 4. The van der Waals surface area contributed by atoms with E-state index in [1.165, 1.54) is 5.56 Å². The molecule has 0 spiro atoms. The minimum atomic E-state index is 0.719. The van der Waals surface area contributed by atoms with Crippen LogP contribution in [0.1, 0.15) is 5.82 Å². The summed E-state index contributed by atoms with van der Waals surface area (Å²) in [5, 5.41) is 4.71. The van der Waals surface area contributed by atoms with Gasteiger partial charge in [-0.15, -0.1) is 5.10 Å². The minimum Gasteiger partial charge on any atom is -0.497 e. The summed E-state index contributed by atoms with van der Waals surface area (Å²) < 4.78 is 7.07. The molecule has 0 radical (unpaired) electrons. The second-order valence-corrected chi connectivity index (χ2v) is 6.04. The smallest absolute Gasteiger partial charge is 0.181 e. The molecule has 4 nitrogen and oxygen atoms in total. The summed E-state index contributed by atoms with van der Waals surface area (Å²) in [5.74, 6) is 2.38. The Kier molecular flexibility index (Phi) is 4.23. The topological polar surface area (TPSA) is 39.9 Å². The third kappa shape index (κ3) is 3.09. The van der Waals surface area contributed by atoms with Crippen LogP contribution in [-0.2, 0) is 0 Å². The van der Waals surface area contributed by atoms with Crippen molar-refractivity contribution in [2.75, 3.05) is 7.11 Å². The molecule has 26 heavy (non-hydrogen) atoms. The fourth-order valence-corrected chi connectivity index (χ4v) is 2.95. The largest absolute Gasteiger partial charge is 0.497 e. The van der Waals surface area contributed by atoms with Crippen molar-refractivity contribution in [3.63, 3.8) is 0 Å². The molecule has 4 heteroatoms. The molecule has 0 saturated carbocycles. The molecule has 3 aromatic carbocycles. The van der Waals surface area contributed by atoms with Crippen LogP contribution >= 0.6 is 0 Å². The fourth-order valence-electron chi connectivity index (χ4n) is 2.95. The van der Waals surface area contributed by atoms with Crippen molar-refractivity contribution < 1.29 is 4.74 Å². The number of benzene rings is 3. The summed E-state index contributed by atoms with van der Waals surface area (Å²) >= 11 is 0. The molecule has 4 rings (SSSR count). The van der Waals surface area contributed by atoms with Crippen LogP contribution < -0.4 is 4.74 Å². The van der Waals surface area contributed by atoms with Crippen molar-refractivity contribution in [2.24, 2.45) is 0 Å². The summed E-state index contributed by atoms with van der Waals surface area (Å²) in [4.78, 5) is 4.66. The summed E-state index contributed by atoms with van der Waals surface area (Å²) in [5.41, 5.74) is 4.30. The average molecular weight is 341 g/mol. The van der Waals surface area contributed by atoms with Crippen molar-refractivity contribution >= 4 is 0 Å². The van der Waals surface area contributed by atoms with Gasteiger partial charge in [0.2, 0.25) is 0 Å². The molecule has 128 valence electrons. The van der Waals surface area contributed by atoms with Crippen molar-refractivity contribution in [1.82, 2.24) is 14.8 Å². The van der Waals surface area contributed by atoms with E-state index in [0.29, 0.717) is 0 Å². The molecule has 0 aliphatic rings. The Morgan fingerprint density at radius 2 is 1.46 bits per heavy atom. The number of methoxy groups -OCH3 is 1. The summed E-state index contributed by atoms with van der Waals surface area (Å²) in [6, 6.07) is 26.4. The van der Waals surface area contributed by atoms with Crippen LogP contribution in [0.2, 0.25) is 0 Å². The predicted octanol–water partition coefficient (Wildman–Crippen LogP) is 4.92. The molecule has 0 atom stereocenters. The number of hydrogen-bond donors (Lipinski definition) is 0. The molecule has 4 aromatic rings. The van der Waals surface area contributed by atoms with Gasteiger partial charge in [0.15, 0.2) is 5.82 Å². The third-order valence-corrected chi connectivity index (χ3v) is 4.31. The van der Waals surface area contributed by atoms with Crippen LogP contribution in [0, 0.1) is 6.92 Å². The number of hydrogen-bond acceptors (Lipinski definition) is 3. The molecule has 0 aliphatic heterocycles. The highest BCUT2D eigenvalue weighted by Crippen LogP contribution is 2.25. The summed E-state index contributed by atoms with van der Waals surface area (Å²) in [7, 11) is 1.66. The van der Waals surface area contributed by atoms with Gasteiger partial charge in [-0.1, -0.05) is 48.5 Å². The zero-order valence-corrected chi connectivity index (χ0v) is 14.8. The van der Waals surface area contributed by atoms with Crippen molar-refractivity contribution in [3.8, 4) is 34.0 Å². The van der Waals surface area contributed by atoms with Gasteiger partial charge in [-0.2, -0.15) is 0 Å². The van der Waals surface area contributed by atoms with Crippen LogP contribution in [0.15, 0.2) is 78.9 Å². The molecule has 0 N–H and O–H groups in total. The highest BCUT2D eigenvalue weighted by Gasteiger charge is 2.11. The van der Waals surface area contributed by atoms with Crippen molar-refractivity contribution in [3.05, 3.63) is 84.7 Å². The lowest BCUT2D eigenvalue weighted by Gasteiger charge is -2.04. The van der Waals surface area contributed by atoms with Gasteiger partial charge in [0.25, 0.3) is 0 Å². The van der Waals surface area contributed by atoms with Gasteiger partial charge in [-0.25, -0.2) is 9.67 Å². The number of aromatic nitrogens is 3. The van der Waals surface area contributed by atoms with Gasteiger partial charge in [-0.3, -0.25) is 0 Å². The Bertz CT molecular complexity index is 1020. The van der Waals surface area contributed by atoms with E-state index in [9.17, 15) is 0 Å². The zero-order valence-electron chi connectivity index (χ0n) is 14.8. The fraction of sp³-hybridized carbons (Fsp3) is 0.0909. The number of nitrogens with zero attached hydrogens (tertiary/aromatic N) is 3. The van der Waals surface area contributed by atoms with E-state index in [1.54, 1.807) is 7.11 Å². The van der Waals surface area contributed by atoms with Crippen molar-refractivity contribution in [1.29, 1.82) is 0 Å². The van der Waals surface area contributed by atoms with Gasteiger partial charge in [0.05, 0.1) is 12.8 Å². The molecular formula is C22H19N3O. The Morgan fingerprint density at radius 1 is 0.769 bits per heavy atom. The van der Waals surface area contributed by atoms with E-state index >= 15 is 0 Å². The summed E-state index contributed by atoms with van der Waals surface area (Å²) in [6.07, 6.45) is 0. The molecule has 0 fully saturated rings. The van der Waals surface area contributed by atoms with Gasteiger partial charge >= 0.3 is 0 Å². The van der Waals surface area contributed by atoms with Crippen molar-refractivity contribution in [2.45, 2.75) is 6.92 Å². The van der Waals surface area contributed by atoms with E-state index in [4.69, 9.17) is 9.84 Å². The first-order valence-electron chi connectivity index (χ1n) is 8.48. The maximum absolute atomic E-state index is 5.22. The highest BCUT2D eigenvalue weighted by molar-refractivity contribution is 5.70. The average Bonchev–Trinajstić information content (AvgIpc) is 3.10. The molecule has 0 saturated heterocycles. The molecule has 1 aromatic heterocycles. The Hall–Kier alpha value is -3.40. The van der Waals surface area contributed by atoms with Gasteiger partial charge in [-0.05, 0) is 48.4 Å². The predicted molar refractivity (Wildman–Crippen MR) is 104 cm³/mol. The first-order chi connectivity index (χ1) is 12.7. The monoisotopic (exact) mass is 341 g/mol. The summed E-state index contributed by atoms with van der Waals surface area (Å²) in [6.45, 7) is 1.96. The van der Waals surface area contributed by atoms with Gasteiger partial charge in [0, 0.05) is 5.56 Å². The number of aryl methyl sites for hydroxylation is 1. The molecular weight excluding hydrogens is 322 g/mol. The molecule has 1 heterocycles. The van der Waals surface area contributed by atoms with Crippen LogP contribution in [0.4, 0.5) is 0 Å². The van der Waals surface area contributed by atoms with Crippen LogP contribution in [-0.4, -0.2) is 21.9 Å². The first-order valence-corrected chi connectivity index (χ1v) is 8.48. The second kappa shape index (κ2) is 6.84. The maximum Gasteiger partial charge on any atom is 0.181 e. The molecule has 0 bridgehead atoms. The lowest BCUT2D eigenvalue weighted by atomic mass is 10.0. The van der Waals surface area contributed by atoms with Gasteiger partial charge < -0.3 is 4.74 Å². The second-order valence-electron chi connectivity index (χ2n) is 6.04. The lowest BCUT2D eigenvalue weighted by molar-refractivity contribution is 0.414. The van der Waals surface area contributed by atoms with Crippen LogP contribution in [0.5, 0.6) is 5.75 Å². The Labute approximate surface area is 152 Å². The van der Waals surface area contributed by atoms with Crippen LogP contribution in [0.25, 0.3) is 28.2 Å². The SMILES string of the molecule is COc1ccc(-n2nc(-c3cccc(-c4ccccc4)c3)nc2C)cc1. The van der Waals surface area contributed by atoms with E-state index < -0.39 is 0 Å². The van der Waals surface area contributed by atoms with E-state index in [0.717, 1.165) is 34.2 Å². The maximum atomic E-state index is 5.22. The third-order valence-electron chi connectivity index (χ3n) is 4.31. The van der Waals surface area contributed by atoms with E-state index in [1.807, 2.05) is 66.2 Å². The zero-order chi connectivity index (χ0) is 17.9. The Morgan fingerprint density at radius 3 is 2.19 bits per heavy atom. The molecule has 0 aliphatic carbocycles. The molecule has 0 unspecified atom stereocenters. The van der Waals surface area contributed by atoms with Gasteiger partial charge in [0.1, 0.15) is 11.6 Å². The number of ether oxygens (including phenoxy) is 1. The first kappa shape index (κ1) is 16.1. The van der Waals surface area contributed by atoms with E-state index in [-0.39, 0.29) is 0 Å². The quantitative estimate of drug-likeness (QED) is 0.529.